The van der Waals surface area contributed by atoms with Crippen molar-refractivity contribution in [3.8, 4) is 5.75 Å². The molecule has 0 unspecified atom stereocenters. The van der Waals surface area contributed by atoms with Crippen LogP contribution in [-0.4, -0.2) is 32.2 Å². The highest BCUT2D eigenvalue weighted by Gasteiger charge is 2.27. The number of ether oxygens (including phenoxy) is 1. The first-order valence-corrected chi connectivity index (χ1v) is 11.5. The topological polar surface area (TPSA) is 89.7 Å². The zero-order chi connectivity index (χ0) is 21.1. The average Bonchev–Trinajstić information content (AvgIpc) is 3.41. The molecule has 2 heterocycles. The second kappa shape index (κ2) is 8.29. The largest absolute Gasteiger partial charge is 0.497 e. The highest BCUT2D eigenvalue weighted by atomic mass is 32.2. The summed E-state index contributed by atoms with van der Waals surface area (Å²) in [5.74, 6) is -0.199. The molecule has 0 N–H and O–H groups in total. The van der Waals surface area contributed by atoms with Crippen LogP contribution in [0, 0.1) is 0 Å². The van der Waals surface area contributed by atoms with Gasteiger partial charge in [0.2, 0.25) is 5.91 Å². The normalized spacial score (nSPS) is 11.5. The number of anilines is 1. The number of amides is 1. The summed E-state index contributed by atoms with van der Waals surface area (Å²) in [7, 11) is -2.35. The summed E-state index contributed by atoms with van der Waals surface area (Å²) in [5.41, 5.74) is 0.743. The molecule has 7 nitrogen and oxygen atoms in total. The van der Waals surface area contributed by atoms with Gasteiger partial charge in [0.05, 0.1) is 35.0 Å². The van der Waals surface area contributed by atoms with E-state index >= 15 is 0 Å². The molecule has 30 heavy (non-hydrogen) atoms. The lowest BCUT2D eigenvalue weighted by atomic mass is 10.3. The van der Waals surface area contributed by atoms with Crippen LogP contribution in [0.25, 0.3) is 10.2 Å². The number of hydrogen-bond donors (Lipinski definition) is 0. The Morgan fingerprint density at radius 2 is 1.87 bits per heavy atom. The third-order valence-corrected chi connectivity index (χ3v) is 7.12. The summed E-state index contributed by atoms with van der Waals surface area (Å²) >= 11 is 1.32. The number of thiazole rings is 1. The molecule has 0 radical (unpaired) electrons. The van der Waals surface area contributed by atoms with Gasteiger partial charge in [-0.25, -0.2) is 13.4 Å². The van der Waals surface area contributed by atoms with E-state index in [0.717, 1.165) is 10.2 Å². The van der Waals surface area contributed by atoms with E-state index in [4.69, 9.17) is 9.15 Å². The van der Waals surface area contributed by atoms with Crippen LogP contribution < -0.4 is 9.64 Å². The van der Waals surface area contributed by atoms with Crippen molar-refractivity contribution in [1.82, 2.24) is 4.98 Å². The van der Waals surface area contributed by atoms with E-state index in [9.17, 15) is 13.2 Å². The second-order valence-corrected chi connectivity index (χ2v) is 9.46. The Balaban J connectivity index is 1.64. The highest BCUT2D eigenvalue weighted by Crippen LogP contribution is 2.30. The maximum absolute atomic E-state index is 13.1. The number of carbonyl (C=O) groups is 1. The second-order valence-electron chi connectivity index (χ2n) is 6.46. The minimum absolute atomic E-state index is 0.0545. The summed E-state index contributed by atoms with van der Waals surface area (Å²) in [5, 5.41) is 0.419. The predicted molar refractivity (Wildman–Crippen MR) is 115 cm³/mol. The molecule has 2 aromatic heterocycles. The average molecular weight is 443 g/mol. The number of benzene rings is 2. The number of hydrogen-bond acceptors (Lipinski definition) is 7. The van der Waals surface area contributed by atoms with Crippen molar-refractivity contribution in [1.29, 1.82) is 0 Å². The van der Waals surface area contributed by atoms with Crippen LogP contribution in [0.1, 0.15) is 5.76 Å². The fraction of sp³-hybridized carbons (Fsp3) is 0.143. The zero-order valence-corrected chi connectivity index (χ0v) is 17.7. The van der Waals surface area contributed by atoms with Crippen LogP contribution in [-0.2, 0) is 21.2 Å². The van der Waals surface area contributed by atoms with Gasteiger partial charge in [-0.1, -0.05) is 23.5 Å². The first-order chi connectivity index (χ1) is 14.5. The molecule has 0 spiro atoms. The maximum Gasteiger partial charge on any atom is 0.244 e. The molecular weight excluding hydrogens is 424 g/mol. The summed E-state index contributed by atoms with van der Waals surface area (Å²) in [6, 6.07) is 16.9. The van der Waals surface area contributed by atoms with Gasteiger partial charge in [-0.3, -0.25) is 9.69 Å². The number of sulfone groups is 1. The number of furan rings is 1. The van der Waals surface area contributed by atoms with Gasteiger partial charge in [0.1, 0.15) is 17.3 Å². The molecule has 0 fully saturated rings. The number of fused-ring (bicyclic) bond motifs is 1. The van der Waals surface area contributed by atoms with E-state index in [1.54, 1.807) is 24.3 Å². The van der Waals surface area contributed by atoms with E-state index in [-0.39, 0.29) is 11.4 Å². The standard InChI is InChI=1S/C21H18N2O5S2/c1-27-15-8-10-17(11-9-15)30(25,26)14-20(24)23(13-16-5-4-12-28-16)21-22-18-6-2-3-7-19(18)29-21/h2-12H,13-14H2,1H3. The molecule has 2 aromatic carbocycles. The molecule has 0 bridgehead atoms. The van der Waals surface area contributed by atoms with Crippen LogP contribution in [0.5, 0.6) is 5.75 Å². The van der Waals surface area contributed by atoms with Crippen LogP contribution in [0.15, 0.2) is 76.2 Å². The molecule has 4 rings (SSSR count). The molecule has 9 heteroatoms. The number of nitrogens with zero attached hydrogens (tertiary/aromatic N) is 2. The molecule has 0 aliphatic rings. The van der Waals surface area contributed by atoms with Crippen LogP contribution >= 0.6 is 11.3 Å². The fourth-order valence-electron chi connectivity index (χ4n) is 2.90. The zero-order valence-electron chi connectivity index (χ0n) is 16.0. The molecule has 154 valence electrons. The highest BCUT2D eigenvalue weighted by molar-refractivity contribution is 7.92. The summed E-state index contributed by atoms with van der Waals surface area (Å²) in [6.07, 6.45) is 1.50. The SMILES string of the molecule is COc1ccc(S(=O)(=O)CC(=O)N(Cc2ccco2)c2nc3ccccc3s2)cc1. The van der Waals surface area contributed by atoms with Crippen molar-refractivity contribution in [2.24, 2.45) is 0 Å². The summed E-state index contributed by atoms with van der Waals surface area (Å²) in [6.45, 7) is 0.0871. The van der Waals surface area contributed by atoms with Gasteiger partial charge in [0.15, 0.2) is 15.0 Å². The van der Waals surface area contributed by atoms with E-state index in [0.29, 0.717) is 16.6 Å². The van der Waals surface area contributed by atoms with Crippen molar-refractivity contribution in [2.75, 3.05) is 17.8 Å². The van der Waals surface area contributed by atoms with Gasteiger partial charge in [0, 0.05) is 0 Å². The molecule has 0 aliphatic heterocycles. The van der Waals surface area contributed by atoms with Gasteiger partial charge in [-0.2, -0.15) is 0 Å². The van der Waals surface area contributed by atoms with E-state index in [1.807, 2.05) is 24.3 Å². The molecule has 0 saturated carbocycles. The smallest absolute Gasteiger partial charge is 0.244 e. The molecule has 0 atom stereocenters. The number of methoxy groups -OCH3 is 1. The Kier molecular flexibility index (Phi) is 5.56. The third kappa shape index (κ3) is 4.22. The van der Waals surface area contributed by atoms with E-state index < -0.39 is 21.5 Å². The van der Waals surface area contributed by atoms with Gasteiger partial charge < -0.3 is 9.15 Å². The number of aromatic nitrogens is 1. The van der Waals surface area contributed by atoms with Crippen LogP contribution in [0.4, 0.5) is 5.13 Å². The van der Waals surface area contributed by atoms with E-state index in [2.05, 4.69) is 4.98 Å². The molecule has 0 saturated heterocycles. The molecule has 4 aromatic rings. The Labute approximate surface area is 177 Å². The van der Waals surface area contributed by atoms with Gasteiger partial charge in [-0.15, -0.1) is 0 Å². The lowest BCUT2D eigenvalue weighted by Gasteiger charge is -2.18. The lowest BCUT2D eigenvalue weighted by molar-refractivity contribution is -0.116. The number of rotatable bonds is 7. The summed E-state index contributed by atoms with van der Waals surface area (Å²) < 4.78 is 37.0. The minimum atomic E-state index is -3.85. The molecular formula is C21H18N2O5S2. The van der Waals surface area contributed by atoms with Gasteiger partial charge in [-0.05, 0) is 48.5 Å². The quantitative estimate of drug-likeness (QED) is 0.431. The maximum atomic E-state index is 13.1. The number of carbonyl (C=O) groups excluding carboxylic acids is 1. The number of para-hydroxylation sites is 1. The Morgan fingerprint density at radius 1 is 1.10 bits per heavy atom. The van der Waals surface area contributed by atoms with Crippen molar-refractivity contribution < 1.29 is 22.4 Å². The van der Waals surface area contributed by atoms with Crippen LogP contribution in [0.2, 0.25) is 0 Å². The van der Waals surface area contributed by atoms with Crippen molar-refractivity contribution in [2.45, 2.75) is 11.4 Å². The lowest BCUT2D eigenvalue weighted by Crippen LogP contribution is -2.35. The predicted octanol–water partition coefficient (Wildman–Crippen LogP) is 3.91. The van der Waals surface area contributed by atoms with Crippen LogP contribution in [0.3, 0.4) is 0 Å². The minimum Gasteiger partial charge on any atom is -0.497 e. The first-order valence-electron chi connectivity index (χ1n) is 9.01. The first kappa shape index (κ1) is 20.1. The molecule has 0 aliphatic carbocycles. The van der Waals surface area contributed by atoms with Crippen molar-refractivity contribution in [3.05, 3.63) is 72.7 Å². The van der Waals surface area contributed by atoms with Crippen molar-refractivity contribution >= 4 is 42.4 Å². The fourth-order valence-corrected chi connectivity index (χ4v) is 5.08. The summed E-state index contributed by atoms with van der Waals surface area (Å²) in [4.78, 5) is 19.0. The van der Waals surface area contributed by atoms with Gasteiger partial charge in [0.25, 0.3) is 0 Å². The molecule has 1 amide bonds. The van der Waals surface area contributed by atoms with E-state index in [1.165, 1.54) is 41.7 Å². The third-order valence-electron chi connectivity index (χ3n) is 4.44. The van der Waals surface area contributed by atoms with Gasteiger partial charge >= 0.3 is 0 Å². The Hall–Kier alpha value is -3.17. The monoisotopic (exact) mass is 442 g/mol. The van der Waals surface area contributed by atoms with Crippen molar-refractivity contribution in [3.63, 3.8) is 0 Å². The Bertz CT molecular complexity index is 1230. The Morgan fingerprint density at radius 3 is 2.53 bits per heavy atom.